The minimum absolute atomic E-state index is 0.0733. The molecule has 1 saturated carbocycles. The molecule has 180 valence electrons. The van der Waals surface area contributed by atoms with E-state index in [1.165, 1.54) is 13.3 Å². The second-order valence-electron chi connectivity index (χ2n) is 9.33. The molecular formula is C27H32N2O5. The third-order valence-electron chi connectivity index (χ3n) is 6.98. The molecule has 1 unspecified atom stereocenters. The molecule has 0 aliphatic heterocycles. The highest BCUT2D eigenvalue weighted by molar-refractivity contribution is 5.89. The number of aliphatic carboxylic acids is 1. The quantitative estimate of drug-likeness (QED) is 0.535. The van der Waals surface area contributed by atoms with Crippen molar-refractivity contribution >= 4 is 18.0 Å². The predicted molar refractivity (Wildman–Crippen MR) is 128 cm³/mol. The molecule has 0 spiro atoms. The molecule has 0 aromatic heterocycles. The number of hydrogen-bond acceptors (Lipinski definition) is 4. The number of carboxylic acid groups (broad SMARTS) is 1. The number of benzene rings is 2. The number of carbonyl (C=O) groups is 3. The van der Waals surface area contributed by atoms with Crippen LogP contribution >= 0.6 is 0 Å². The Kier molecular flexibility index (Phi) is 7.50. The number of alkyl carbamates (subject to hydrolysis) is 1. The average molecular weight is 465 g/mol. The topological polar surface area (TPSA) is 105 Å². The van der Waals surface area contributed by atoms with Gasteiger partial charge in [0.05, 0.1) is 0 Å². The fourth-order valence-electron chi connectivity index (χ4n) is 5.15. The number of hydrogen-bond donors (Lipinski definition) is 3. The number of fused-ring (bicyclic) bond motifs is 3. The second-order valence-corrected chi connectivity index (χ2v) is 9.33. The molecule has 4 rings (SSSR count). The van der Waals surface area contributed by atoms with Gasteiger partial charge in [0.2, 0.25) is 5.91 Å². The van der Waals surface area contributed by atoms with Crippen molar-refractivity contribution in [1.82, 2.24) is 10.6 Å². The first-order chi connectivity index (χ1) is 16.4. The van der Waals surface area contributed by atoms with Gasteiger partial charge in [-0.2, -0.15) is 0 Å². The number of amides is 2. The smallest absolute Gasteiger partial charge is 0.407 e. The maximum absolute atomic E-state index is 12.8. The molecule has 0 heterocycles. The zero-order valence-corrected chi connectivity index (χ0v) is 19.5. The monoisotopic (exact) mass is 464 g/mol. The van der Waals surface area contributed by atoms with Crippen molar-refractivity contribution in [3.05, 3.63) is 59.7 Å². The Hall–Kier alpha value is -3.35. The maximum Gasteiger partial charge on any atom is 0.407 e. The molecule has 1 fully saturated rings. The zero-order valence-electron chi connectivity index (χ0n) is 19.5. The first-order valence-electron chi connectivity index (χ1n) is 12.1. The van der Waals surface area contributed by atoms with Crippen LogP contribution in [0.3, 0.4) is 0 Å². The standard InChI is InChI=1S/C27H32N2O5/c1-17(26(31)32)28-25(30)24(15-18-9-3-2-4-10-18)29-27(33)34-16-23-21-13-7-5-11-19(21)20-12-6-8-14-22(20)23/h5-8,11-14,17-18,23-24H,2-4,9-10,15-16H2,1H3,(H,28,30)(H,29,33)(H,31,32)/t17-,24?/m1/s1. The molecule has 2 atom stereocenters. The molecule has 2 aliphatic rings. The highest BCUT2D eigenvalue weighted by Crippen LogP contribution is 2.44. The van der Waals surface area contributed by atoms with Crippen LogP contribution in [0.15, 0.2) is 48.5 Å². The van der Waals surface area contributed by atoms with Gasteiger partial charge in [-0.15, -0.1) is 0 Å². The summed E-state index contributed by atoms with van der Waals surface area (Å²) in [6.45, 7) is 1.56. The van der Waals surface area contributed by atoms with Gasteiger partial charge in [0.15, 0.2) is 0 Å². The zero-order chi connectivity index (χ0) is 24.1. The fourth-order valence-corrected chi connectivity index (χ4v) is 5.15. The molecule has 0 bridgehead atoms. The van der Waals surface area contributed by atoms with E-state index in [1.807, 2.05) is 36.4 Å². The fraction of sp³-hybridized carbons (Fsp3) is 0.444. The van der Waals surface area contributed by atoms with E-state index in [4.69, 9.17) is 9.84 Å². The van der Waals surface area contributed by atoms with Gasteiger partial charge >= 0.3 is 12.1 Å². The molecule has 0 saturated heterocycles. The highest BCUT2D eigenvalue weighted by atomic mass is 16.5. The lowest BCUT2D eigenvalue weighted by molar-refractivity contribution is -0.141. The van der Waals surface area contributed by atoms with E-state index in [0.717, 1.165) is 47.9 Å². The molecule has 34 heavy (non-hydrogen) atoms. The highest BCUT2D eigenvalue weighted by Gasteiger charge is 2.31. The second kappa shape index (κ2) is 10.7. The maximum atomic E-state index is 12.8. The predicted octanol–water partition coefficient (Wildman–Crippen LogP) is 4.45. The Morgan fingerprint density at radius 3 is 2.12 bits per heavy atom. The molecule has 7 nitrogen and oxygen atoms in total. The van der Waals surface area contributed by atoms with E-state index in [2.05, 4.69) is 22.8 Å². The summed E-state index contributed by atoms with van der Waals surface area (Å²) in [6, 6.07) is 14.3. The minimum Gasteiger partial charge on any atom is -0.480 e. The van der Waals surface area contributed by atoms with Crippen molar-refractivity contribution in [3.63, 3.8) is 0 Å². The van der Waals surface area contributed by atoms with Gasteiger partial charge in [-0.25, -0.2) is 4.79 Å². The summed E-state index contributed by atoms with van der Waals surface area (Å²) < 4.78 is 5.62. The summed E-state index contributed by atoms with van der Waals surface area (Å²) in [5.41, 5.74) is 4.51. The van der Waals surface area contributed by atoms with Crippen LogP contribution in [0.1, 0.15) is 62.5 Å². The van der Waals surface area contributed by atoms with Crippen molar-refractivity contribution in [2.75, 3.05) is 6.61 Å². The molecule has 2 aromatic carbocycles. The Morgan fingerprint density at radius 1 is 0.941 bits per heavy atom. The SMILES string of the molecule is C[C@@H](NC(=O)C(CC1CCCCC1)NC(=O)OCC1c2ccccc2-c2ccccc21)C(=O)O. The first-order valence-corrected chi connectivity index (χ1v) is 12.1. The molecule has 3 N–H and O–H groups in total. The molecule has 7 heteroatoms. The van der Waals surface area contributed by atoms with Crippen LogP contribution < -0.4 is 10.6 Å². The van der Waals surface area contributed by atoms with Crippen LogP contribution in [0.5, 0.6) is 0 Å². The van der Waals surface area contributed by atoms with E-state index in [0.29, 0.717) is 12.3 Å². The number of ether oxygens (including phenoxy) is 1. The lowest BCUT2D eigenvalue weighted by atomic mass is 9.84. The third kappa shape index (κ3) is 5.41. The summed E-state index contributed by atoms with van der Waals surface area (Å²) >= 11 is 0. The summed E-state index contributed by atoms with van der Waals surface area (Å²) in [6.07, 6.45) is 5.21. The first kappa shape index (κ1) is 23.8. The number of carbonyl (C=O) groups excluding carboxylic acids is 2. The Labute approximate surface area is 199 Å². The van der Waals surface area contributed by atoms with E-state index in [1.54, 1.807) is 0 Å². The van der Waals surface area contributed by atoms with Crippen molar-refractivity contribution in [2.24, 2.45) is 5.92 Å². The van der Waals surface area contributed by atoms with Gasteiger partial charge in [0.25, 0.3) is 0 Å². The Balaban J connectivity index is 1.42. The van der Waals surface area contributed by atoms with Gasteiger partial charge < -0.3 is 20.5 Å². The summed E-state index contributed by atoms with van der Waals surface area (Å²) in [7, 11) is 0. The van der Waals surface area contributed by atoms with Gasteiger partial charge in [0.1, 0.15) is 18.7 Å². The summed E-state index contributed by atoms with van der Waals surface area (Å²) in [5, 5.41) is 14.4. The van der Waals surface area contributed by atoms with Crippen LogP contribution in [0.2, 0.25) is 0 Å². The van der Waals surface area contributed by atoms with Crippen molar-refractivity contribution in [2.45, 2.75) is 63.5 Å². The molecular weight excluding hydrogens is 432 g/mol. The lowest BCUT2D eigenvalue weighted by Gasteiger charge is -2.27. The third-order valence-corrected chi connectivity index (χ3v) is 6.98. The van der Waals surface area contributed by atoms with E-state index >= 15 is 0 Å². The molecule has 2 aliphatic carbocycles. The summed E-state index contributed by atoms with van der Waals surface area (Å²) in [5.74, 6) is -1.37. The number of rotatable bonds is 8. The van der Waals surface area contributed by atoms with Crippen molar-refractivity contribution in [3.8, 4) is 11.1 Å². The number of nitrogens with one attached hydrogen (secondary N) is 2. The minimum atomic E-state index is -1.12. The van der Waals surface area contributed by atoms with Gasteiger partial charge in [-0.1, -0.05) is 80.6 Å². The molecule has 0 radical (unpaired) electrons. The average Bonchev–Trinajstić information content (AvgIpc) is 3.16. The summed E-state index contributed by atoms with van der Waals surface area (Å²) in [4.78, 5) is 36.8. The Morgan fingerprint density at radius 2 is 1.53 bits per heavy atom. The van der Waals surface area contributed by atoms with Crippen LogP contribution in [0.4, 0.5) is 4.79 Å². The van der Waals surface area contributed by atoms with Gasteiger partial charge in [0, 0.05) is 5.92 Å². The number of carboxylic acids is 1. The van der Waals surface area contributed by atoms with Crippen LogP contribution in [-0.4, -0.2) is 41.8 Å². The van der Waals surface area contributed by atoms with E-state index in [9.17, 15) is 14.4 Å². The van der Waals surface area contributed by atoms with Crippen LogP contribution in [0, 0.1) is 5.92 Å². The molecule has 2 amide bonds. The Bertz CT molecular complexity index is 1000. The van der Waals surface area contributed by atoms with Crippen LogP contribution in [-0.2, 0) is 14.3 Å². The van der Waals surface area contributed by atoms with Gasteiger partial charge in [-0.3, -0.25) is 9.59 Å². The molecule has 2 aromatic rings. The van der Waals surface area contributed by atoms with E-state index in [-0.39, 0.29) is 12.5 Å². The largest absolute Gasteiger partial charge is 0.480 e. The van der Waals surface area contributed by atoms with Crippen molar-refractivity contribution in [1.29, 1.82) is 0 Å². The van der Waals surface area contributed by atoms with E-state index < -0.39 is 30.1 Å². The van der Waals surface area contributed by atoms with Crippen LogP contribution in [0.25, 0.3) is 11.1 Å². The van der Waals surface area contributed by atoms with Crippen molar-refractivity contribution < 1.29 is 24.2 Å². The normalized spacial score (nSPS) is 17.2. The van der Waals surface area contributed by atoms with Gasteiger partial charge in [-0.05, 0) is 41.5 Å². The lowest BCUT2D eigenvalue weighted by Crippen LogP contribution is -2.51.